The molecule has 0 aromatic carbocycles. The SMILES string of the molecule is Cc1cc([C@@H](C)NC(=O)CN(C)c2ncnc3nc[nH]c23)c(C)s1. The summed E-state index contributed by atoms with van der Waals surface area (Å²) in [6.45, 7) is 6.37. The highest BCUT2D eigenvalue weighted by Gasteiger charge is 2.17. The van der Waals surface area contributed by atoms with Crippen molar-refractivity contribution < 1.29 is 4.79 Å². The lowest BCUT2D eigenvalue weighted by Crippen LogP contribution is -2.37. The normalized spacial score (nSPS) is 12.3. The van der Waals surface area contributed by atoms with Crippen molar-refractivity contribution >= 4 is 34.2 Å². The van der Waals surface area contributed by atoms with Crippen LogP contribution >= 0.6 is 11.3 Å². The summed E-state index contributed by atoms with van der Waals surface area (Å²) in [7, 11) is 1.83. The van der Waals surface area contributed by atoms with Gasteiger partial charge in [-0.15, -0.1) is 11.3 Å². The first kappa shape index (κ1) is 16.4. The maximum atomic E-state index is 12.4. The number of imidazole rings is 1. The maximum absolute atomic E-state index is 12.4. The lowest BCUT2D eigenvalue weighted by molar-refractivity contribution is -0.120. The van der Waals surface area contributed by atoms with E-state index in [1.807, 2.05) is 14.0 Å². The van der Waals surface area contributed by atoms with Crippen LogP contribution in [-0.4, -0.2) is 39.4 Å². The standard InChI is InChI=1S/C16H20N6OS/c1-9-5-12(11(3)24-9)10(2)21-13(23)6-22(4)16-14-15(18-7-17-14)19-8-20-16/h5,7-8,10H,6H2,1-4H3,(H,21,23)(H,17,18,19,20)/t10-/m1/s1. The molecule has 0 fully saturated rings. The van der Waals surface area contributed by atoms with Gasteiger partial charge >= 0.3 is 0 Å². The molecule has 7 nitrogen and oxygen atoms in total. The molecule has 0 aliphatic heterocycles. The molecule has 3 aromatic heterocycles. The number of aromatic amines is 1. The molecular formula is C16H20N6OS. The number of thiophene rings is 1. The summed E-state index contributed by atoms with van der Waals surface area (Å²) in [6.07, 6.45) is 3.02. The third-order valence-electron chi connectivity index (χ3n) is 3.87. The largest absolute Gasteiger partial charge is 0.348 e. The lowest BCUT2D eigenvalue weighted by Gasteiger charge is -2.20. The zero-order valence-electron chi connectivity index (χ0n) is 14.1. The number of fused-ring (bicyclic) bond motifs is 1. The number of amides is 1. The Morgan fingerprint density at radius 3 is 2.88 bits per heavy atom. The number of aryl methyl sites for hydroxylation is 2. The molecule has 3 aromatic rings. The number of nitrogens with zero attached hydrogens (tertiary/aromatic N) is 4. The van der Waals surface area contributed by atoms with Crippen LogP contribution in [0, 0.1) is 13.8 Å². The monoisotopic (exact) mass is 344 g/mol. The number of anilines is 1. The fourth-order valence-corrected chi connectivity index (χ4v) is 3.80. The number of carbonyl (C=O) groups is 1. The fraction of sp³-hybridized carbons (Fsp3) is 0.375. The van der Waals surface area contributed by atoms with Crippen LogP contribution in [0.1, 0.15) is 28.3 Å². The Hall–Kier alpha value is -2.48. The van der Waals surface area contributed by atoms with Crippen LogP contribution in [0.5, 0.6) is 0 Å². The molecular weight excluding hydrogens is 324 g/mol. The highest BCUT2D eigenvalue weighted by molar-refractivity contribution is 7.12. The smallest absolute Gasteiger partial charge is 0.240 e. The molecule has 0 saturated heterocycles. The van der Waals surface area contributed by atoms with E-state index in [1.165, 1.54) is 21.6 Å². The summed E-state index contributed by atoms with van der Waals surface area (Å²) in [4.78, 5) is 32.1. The maximum Gasteiger partial charge on any atom is 0.240 e. The Morgan fingerprint density at radius 1 is 1.38 bits per heavy atom. The van der Waals surface area contributed by atoms with E-state index in [4.69, 9.17) is 0 Å². The van der Waals surface area contributed by atoms with Gasteiger partial charge in [0.2, 0.25) is 5.91 Å². The predicted molar refractivity (Wildman–Crippen MR) is 95.3 cm³/mol. The van der Waals surface area contributed by atoms with Gasteiger partial charge in [0.05, 0.1) is 18.9 Å². The number of nitrogens with one attached hydrogen (secondary N) is 2. The third-order valence-corrected chi connectivity index (χ3v) is 4.85. The highest BCUT2D eigenvalue weighted by atomic mass is 32.1. The van der Waals surface area contributed by atoms with E-state index in [-0.39, 0.29) is 18.5 Å². The van der Waals surface area contributed by atoms with Crippen molar-refractivity contribution in [3.05, 3.63) is 34.0 Å². The molecule has 1 amide bonds. The fourth-order valence-electron chi connectivity index (χ4n) is 2.78. The van der Waals surface area contributed by atoms with Crippen molar-refractivity contribution in [1.82, 2.24) is 25.3 Å². The second kappa shape index (κ2) is 6.56. The summed E-state index contributed by atoms with van der Waals surface area (Å²) in [6, 6.07) is 2.11. The van der Waals surface area contributed by atoms with Crippen molar-refractivity contribution in [2.45, 2.75) is 26.8 Å². The van der Waals surface area contributed by atoms with Crippen LogP contribution < -0.4 is 10.2 Å². The van der Waals surface area contributed by atoms with Crippen molar-refractivity contribution in [2.75, 3.05) is 18.5 Å². The van der Waals surface area contributed by atoms with Crippen LogP contribution in [0.3, 0.4) is 0 Å². The van der Waals surface area contributed by atoms with Crippen LogP contribution in [0.15, 0.2) is 18.7 Å². The average Bonchev–Trinajstić information content (AvgIpc) is 3.12. The quantitative estimate of drug-likeness (QED) is 0.742. The van der Waals surface area contributed by atoms with Gasteiger partial charge in [-0.25, -0.2) is 15.0 Å². The molecule has 0 aliphatic carbocycles. The van der Waals surface area contributed by atoms with Gasteiger partial charge in [-0.2, -0.15) is 0 Å². The van der Waals surface area contributed by atoms with Gasteiger partial charge < -0.3 is 15.2 Å². The van der Waals surface area contributed by atoms with Crippen LogP contribution in [-0.2, 0) is 4.79 Å². The molecule has 1 atom stereocenters. The van der Waals surface area contributed by atoms with Crippen molar-refractivity contribution in [3.8, 4) is 0 Å². The predicted octanol–water partition coefficient (Wildman–Crippen LogP) is 2.34. The van der Waals surface area contributed by atoms with E-state index in [0.717, 1.165) is 5.52 Å². The number of hydrogen-bond donors (Lipinski definition) is 2. The Balaban J connectivity index is 1.68. The minimum absolute atomic E-state index is 0.0200. The van der Waals surface area contributed by atoms with Crippen LogP contribution in [0.25, 0.3) is 11.2 Å². The highest BCUT2D eigenvalue weighted by Crippen LogP contribution is 2.26. The van der Waals surface area contributed by atoms with Crippen molar-refractivity contribution in [1.29, 1.82) is 0 Å². The Kier molecular flexibility index (Phi) is 4.48. The number of carbonyl (C=O) groups excluding carboxylic acids is 1. The molecule has 3 rings (SSSR count). The molecule has 0 unspecified atom stereocenters. The molecule has 126 valence electrons. The average molecular weight is 344 g/mol. The van der Waals surface area contributed by atoms with E-state index < -0.39 is 0 Å². The molecule has 0 saturated carbocycles. The second-order valence-corrected chi connectivity index (χ2v) is 7.27. The molecule has 0 spiro atoms. The van der Waals surface area contributed by atoms with E-state index in [1.54, 1.807) is 22.6 Å². The summed E-state index contributed by atoms with van der Waals surface area (Å²) in [5.41, 5.74) is 2.49. The minimum atomic E-state index is -0.0560. The van der Waals surface area contributed by atoms with Crippen LogP contribution in [0.4, 0.5) is 5.82 Å². The molecule has 3 heterocycles. The van der Waals surface area contributed by atoms with E-state index in [0.29, 0.717) is 11.5 Å². The molecule has 0 aliphatic rings. The number of H-pyrrole nitrogens is 1. The summed E-state index contributed by atoms with van der Waals surface area (Å²) in [5, 5.41) is 3.05. The summed E-state index contributed by atoms with van der Waals surface area (Å²) >= 11 is 1.75. The van der Waals surface area contributed by atoms with Gasteiger partial charge in [-0.1, -0.05) is 0 Å². The number of rotatable bonds is 5. The summed E-state index contributed by atoms with van der Waals surface area (Å²) < 4.78 is 0. The van der Waals surface area contributed by atoms with Gasteiger partial charge in [0.1, 0.15) is 11.8 Å². The van der Waals surface area contributed by atoms with E-state index in [9.17, 15) is 4.79 Å². The van der Waals surface area contributed by atoms with E-state index >= 15 is 0 Å². The van der Waals surface area contributed by atoms with Gasteiger partial charge in [0.25, 0.3) is 0 Å². The topological polar surface area (TPSA) is 86.8 Å². The second-order valence-electron chi connectivity index (χ2n) is 5.81. The van der Waals surface area contributed by atoms with Gasteiger partial charge in [-0.05, 0) is 32.4 Å². The van der Waals surface area contributed by atoms with Gasteiger partial charge in [-0.3, -0.25) is 4.79 Å². The molecule has 2 N–H and O–H groups in total. The van der Waals surface area contributed by atoms with Gasteiger partial charge in [0.15, 0.2) is 11.5 Å². The number of hydrogen-bond acceptors (Lipinski definition) is 6. The Bertz CT molecular complexity index is 870. The zero-order chi connectivity index (χ0) is 17.3. The van der Waals surface area contributed by atoms with E-state index in [2.05, 4.69) is 45.2 Å². The third kappa shape index (κ3) is 3.23. The lowest BCUT2D eigenvalue weighted by atomic mass is 10.1. The minimum Gasteiger partial charge on any atom is -0.348 e. The molecule has 8 heteroatoms. The Labute approximate surface area is 144 Å². The van der Waals surface area contributed by atoms with Gasteiger partial charge in [0, 0.05) is 16.8 Å². The number of likely N-dealkylation sites (N-methyl/N-ethyl adjacent to an activating group) is 1. The number of aromatic nitrogens is 4. The van der Waals surface area contributed by atoms with Crippen molar-refractivity contribution in [2.24, 2.45) is 0 Å². The molecule has 0 bridgehead atoms. The molecule has 24 heavy (non-hydrogen) atoms. The first-order valence-electron chi connectivity index (χ1n) is 7.67. The first-order valence-corrected chi connectivity index (χ1v) is 8.49. The Morgan fingerprint density at radius 2 is 2.17 bits per heavy atom. The molecule has 0 radical (unpaired) electrons. The van der Waals surface area contributed by atoms with Crippen molar-refractivity contribution in [3.63, 3.8) is 0 Å². The summed E-state index contributed by atoms with van der Waals surface area (Å²) in [5.74, 6) is 0.599. The van der Waals surface area contributed by atoms with Crippen LogP contribution in [0.2, 0.25) is 0 Å². The first-order chi connectivity index (χ1) is 11.5. The zero-order valence-corrected chi connectivity index (χ0v) is 14.9.